The highest BCUT2D eigenvalue weighted by Crippen LogP contribution is 2.34. The lowest BCUT2D eigenvalue weighted by molar-refractivity contribution is 0.0583. The second-order valence-corrected chi connectivity index (χ2v) is 5.32. The van der Waals surface area contributed by atoms with Crippen LogP contribution in [0, 0.1) is 23.4 Å². The van der Waals surface area contributed by atoms with Crippen molar-refractivity contribution in [3.8, 4) is 0 Å². The molecule has 1 saturated heterocycles. The van der Waals surface area contributed by atoms with E-state index < -0.39 is 23.5 Å². The first-order chi connectivity index (χ1) is 9.54. The highest BCUT2D eigenvalue weighted by molar-refractivity contribution is 5.26. The van der Waals surface area contributed by atoms with Crippen LogP contribution in [0.2, 0.25) is 0 Å². The molecule has 1 aliphatic heterocycles. The third-order valence-electron chi connectivity index (χ3n) is 3.74. The van der Waals surface area contributed by atoms with Gasteiger partial charge in [-0.3, -0.25) is 0 Å². The van der Waals surface area contributed by atoms with Crippen molar-refractivity contribution in [2.45, 2.75) is 38.8 Å². The number of ether oxygens (including phenoxy) is 1. The van der Waals surface area contributed by atoms with Crippen molar-refractivity contribution in [3.05, 3.63) is 35.1 Å². The van der Waals surface area contributed by atoms with Crippen molar-refractivity contribution < 1.29 is 17.9 Å². The number of halogens is 3. The minimum Gasteiger partial charge on any atom is -0.376 e. The summed E-state index contributed by atoms with van der Waals surface area (Å²) in [6, 6.07) is 0.852. The predicted molar refractivity (Wildman–Crippen MR) is 70.9 cm³/mol. The van der Waals surface area contributed by atoms with Gasteiger partial charge in [0.25, 0.3) is 0 Å². The minimum atomic E-state index is -0.904. The maximum atomic E-state index is 14.0. The highest BCUT2D eigenvalue weighted by Gasteiger charge is 2.35. The van der Waals surface area contributed by atoms with E-state index in [1.54, 1.807) is 0 Å². The van der Waals surface area contributed by atoms with Crippen LogP contribution in [-0.4, -0.2) is 19.3 Å². The second-order valence-electron chi connectivity index (χ2n) is 5.32. The van der Waals surface area contributed by atoms with Gasteiger partial charge < -0.3 is 10.1 Å². The van der Waals surface area contributed by atoms with E-state index in [2.05, 4.69) is 5.32 Å². The fraction of sp³-hybridized carbons (Fsp3) is 0.600. The minimum absolute atomic E-state index is 0.126. The molecule has 1 fully saturated rings. The average molecular weight is 287 g/mol. The van der Waals surface area contributed by atoms with Gasteiger partial charge in [-0.1, -0.05) is 13.8 Å². The van der Waals surface area contributed by atoms with Gasteiger partial charge in [-0.25, -0.2) is 13.2 Å². The fourth-order valence-electron chi connectivity index (χ4n) is 2.68. The standard InChI is InChI=1S/C15H20F3NO/c1-3-5-19-14(15-9(2)4-6-20-15)13-11(17)7-10(16)8-12(13)18/h7-9,14-15,19H,3-6H2,1-2H3. The highest BCUT2D eigenvalue weighted by atomic mass is 19.1. The second kappa shape index (κ2) is 6.59. The maximum absolute atomic E-state index is 14.0. The van der Waals surface area contributed by atoms with E-state index in [4.69, 9.17) is 4.74 Å². The summed E-state index contributed by atoms with van der Waals surface area (Å²) in [5.74, 6) is -2.43. The van der Waals surface area contributed by atoms with Gasteiger partial charge in [-0.2, -0.15) is 0 Å². The molecule has 0 saturated carbocycles. The predicted octanol–water partition coefficient (Wildman–Crippen LogP) is 3.57. The van der Waals surface area contributed by atoms with Crippen LogP contribution in [0.4, 0.5) is 13.2 Å². The molecule has 2 rings (SSSR count). The zero-order valence-corrected chi connectivity index (χ0v) is 11.8. The van der Waals surface area contributed by atoms with Gasteiger partial charge in [0.2, 0.25) is 0 Å². The maximum Gasteiger partial charge on any atom is 0.133 e. The Morgan fingerprint density at radius 3 is 2.45 bits per heavy atom. The molecule has 0 bridgehead atoms. The summed E-state index contributed by atoms with van der Waals surface area (Å²) in [5, 5.41) is 3.13. The fourth-order valence-corrected chi connectivity index (χ4v) is 2.68. The molecule has 1 aliphatic rings. The van der Waals surface area contributed by atoms with Crippen LogP contribution in [0.3, 0.4) is 0 Å². The molecule has 3 atom stereocenters. The Labute approximate surface area is 117 Å². The van der Waals surface area contributed by atoms with Gasteiger partial charge in [-0.05, 0) is 25.3 Å². The van der Waals surface area contributed by atoms with Crippen molar-refractivity contribution in [1.29, 1.82) is 0 Å². The summed E-state index contributed by atoms with van der Waals surface area (Å²) in [5.41, 5.74) is -0.126. The zero-order chi connectivity index (χ0) is 14.7. The van der Waals surface area contributed by atoms with Crippen molar-refractivity contribution in [1.82, 2.24) is 5.32 Å². The summed E-state index contributed by atoms with van der Waals surface area (Å²) >= 11 is 0. The number of rotatable bonds is 5. The van der Waals surface area contributed by atoms with E-state index in [-0.39, 0.29) is 17.6 Å². The first-order valence-corrected chi connectivity index (χ1v) is 7.04. The lowest BCUT2D eigenvalue weighted by Gasteiger charge is -2.28. The number of hydrogen-bond donors (Lipinski definition) is 1. The third kappa shape index (κ3) is 3.15. The van der Waals surface area contributed by atoms with E-state index >= 15 is 0 Å². The van der Waals surface area contributed by atoms with E-state index in [1.165, 1.54) is 0 Å². The average Bonchev–Trinajstić information content (AvgIpc) is 2.78. The molecule has 1 aromatic carbocycles. The number of benzene rings is 1. The van der Waals surface area contributed by atoms with Crippen LogP contribution in [0.1, 0.15) is 38.3 Å². The van der Waals surface area contributed by atoms with Crippen molar-refractivity contribution in [3.63, 3.8) is 0 Å². The molecule has 5 heteroatoms. The van der Waals surface area contributed by atoms with E-state index in [0.29, 0.717) is 13.2 Å². The van der Waals surface area contributed by atoms with Crippen molar-refractivity contribution in [2.75, 3.05) is 13.2 Å². The van der Waals surface area contributed by atoms with Crippen LogP contribution in [0.5, 0.6) is 0 Å². The SMILES string of the molecule is CCCNC(c1c(F)cc(F)cc1F)C1OCCC1C. The normalized spacial score (nSPS) is 24.1. The third-order valence-corrected chi connectivity index (χ3v) is 3.74. The molecule has 0 amide bonds. The van der Waals surface area contributed by atoms with E-state index in [0.717, 1.165) is 25.0 Å². The van der Waals surface area contributed by atoms with E-state index in [1.807, 2.05) is 13.8 Å². The molecule has 1 N–H and O–H groups in total. The zero-order valence-electron chi connectivity index (χ0n) is 11.8. The van der Waals surface area contributed by atoms with Gasteiger partial charge in [0.05, 0.1) is 12.1 Å². The Morgan fingerprint density at radius 1 is 1.30 bits per heavy atom. The van der Waals surface area contributed by atoms with E-state index in [9.17, 15) is 13.2 Å². The Balaban J connectivity index is 2.35. The molecule has 112 valence electrons. The lowest BCUT2D eigenvalue weighted by atomic mass is 9.91. The van der Waals surface area contributed by atoms with Crippen molar-refractivity contribution in [2.24, 2.45) is 5.92 Å². The molecule has 20 heavy (non-hydrogen) atoms. The summed E-state index contributed by atoms with van der Waals surface area (Å²) in [7, 11) is 0. The Morgan fingerprint density at radius 2 is 1.95 bits per heavy atom. The molecule has 1 heterocycles. The van der Waals surface area contributed by atoms with Gasteiger partial charge in [-0.15, -0.1) is 0 Å². The van der Waals surface area contributed by atoms with Gasteiger partial charge >= 0.3 is 0 Å². The summed E-state index contributed by atoms with van der Waals surface area (Å²) in [4.78, 5) is 0. The number of nitrogens with one attached hydrogen (secondary N) is 1. The first-order valence-electron chi connectivity index (χ1n) is 7.04. The molecule has 0 spiro atoms. The summed E-state index contributed by atoms with van der Waals surface area (Å²) in [6.45, 7) is 5.17. The Hall–Kier alpha value is -1.07. The summed E-state index contributed by atoms with van der Waals surface area (Å²) in [6.07, 6.45) is 1.40. The largest absolute Gasteiger partial charge is 0.376 e. The summed E-state index contributed by atoms with van der Waals surface area (Å²) < 4.78 is 46.7. The molecule has 0 aromatic heterocycles. The molecule has 0 radical (unpaired) electrons. The smallest absolute Gasteiger partial charge is 0.133 e. The molecule has 0 aliphatic carbocycles. The topological polar surface area (TPSA) is 21.3 Å². The molecule has 3 unspecified atom stereocenters. The van der Waals surface area contributed by atoms with Crippen molar-refractivity contribution >= 4 is 0 Å². The molecule has 2 nitrogen and oxygen atoms in total. The lowest BCUT2D eigenvalue weighted by Crippen LogP contribution is -2.36. The molecular formula is C15H20F3NO. The molecule has 1 aromatic rings. The van der Waals surface area contributed by atoms with Gasteiger partial charge in [0.15, 0.2) is 0 Å². The Kier molecular flexibility index (Phi) is 5.05. The van der Waals surface area contributed by atoms with Crippen LogP contribution < -0.4 is 5.32 Å². The number of hydrogen-bond acceptors (Lipinski definition) is 2. The van der Waals surface area contributed by atoms with Crippen LogP contribution in [0.25, 0.3) is 0 Å². The first kappa shape index (κ1) is 15.3. The monoisotopic (exact) mass is 287 g/mol. The van der Waals surface area contributed by atoms with Gasteiger partial charge in [0, 0.05) is 24.3 Å². The Bertz CT molecular complexity index is 443. The quantitative estimate of drug-likeness (QED) is 0.894. The van der Waals surface area contributed by atoms with Crippen LogP contribution in [-0.2, 0) is 4.74 Å². The van der Waals surface area contributed by atoms with Crippen LogP contribution in [0.15, 0.2) is 12.1 Å². The molecular weight excluding hydrogens is 267 g/mol. The van der Waals surface area contributed by atoms with Gasteiger partial charge in [0.1, 0.15) is 17.5 Å². The van der Waals surface area contributed by atoms with Crippen LogP contribution >= 0.6 is 0 Å².